The molecule has 0 aliphatic carbocycles. The number of imidazole rings is 1. The van der Waals surface area contributed by atoms with Crippen LogP contribution < -0.4 is 15.0 Å². The highest BCUT2D eigenvalue weighted by atomic mass is 32.2. The smallest absolute Gasteiger partial charge is 0.275 e. The first kappa shape index (κ1) is 22.6. The van der Waals surface area contributed by atoms with E-state index >= 15 is 0 Å². The van der Waals surface area contributed by atoms with Crippen molar-refractivity contribution in [2.45, 2.75) is 19.4 Å². The van der Waals surface area contributed by atoms with E-state index in [2.05, 4.69) is 19.8 Å². The van der Waals surface area contributed by atoms with Gasteiger partial charge in [0.2, 0.25) is 0 Å². The highest BCUT2D eigenvalue weighted by Crippen LogP contribution is 2.25. The van der Waals surface area contributed by atoms with Crippen LogP contribution >= 0.6 is 11.9 Å². The third kappa shape index (κ3) is 4.95. The van der Waals surface area contributed by atoms with E-state index in [-0.39, 0.29) is 24.6 Å². The fourth-order valence-corrected chi connectivity index (χ4v) is 3.69. The van der Waals surface area contributed by atoms with Crippen molar-refractivity contribution in [1.29, 1.82) is 0 Å². The number of nitrogens with zero attached hydrogens (tertiary/aromatic N) is 3. The fourth-order valence-electron chi connectivity index (χ4n) is 3.39. The highest BCUT2D eigenvalue weighted by molar-refractivity contribution is 7.97. The number of aromatic amines is 1. The summed E-state index contributed by atoms with van der Waals surface area (Å²) in [6.07, 6.45) is -0.897. The molecule has 0 spiro atoms. The molecule has 4 aromatic rings. The molecular weight excluding hydrogens is 459 g/mol. The van der Waals surface area contributed by atoms with Gasteiger partial charge in [-0.05, 0) is 6.07 Å². The number of nitrogens with one attached hydrogen (secondary N) is 2. The lowest BCUT2D eigenvalue weighted by atomic mass is 10.1. The summed E-state index contributed by atoms with van der Waals surface area (Å²) in [6.45, 7) is -1.19. The number of amides is 1. The number of aromatic nitrogens is 4. The van der Waals surface area contributed by atoms with Crippen molar-refractivity contribution in [3.05, 3.63) is 64.1 Å². The molecular formula is C21H18F3N5O3S. The number of fused-ring (bicyclic) bond motifs is 2. The van der Waals surface area contributed by atoms with Crippen LogP contribution in [0.3, 0.4) is 0 Å². The Balaban J connectivity index is 1.71. The molecule has 0 radical (unpaired) electrons. The van der Waals surface area contributed by atoms with Gasteiger partial charge < -0.3 is 9.72 Å². The molecule has 12 heteroatoms. The summed E-state index contributed by atoms with van der Waals surface area (Å²) in [7, 11) is 0. The maximum atomic E-state index is 14.2. The summed E-state index contributed by atoms with van der Waals surface area (Å²) >= 11 is 1.11. The van der Waals surface area contributed by atoms with Gasteiger partial charge in [0.05, 0.1) is 28.5 Å². The first-order valence-electron chi connectivity index (χ1n) is 9.75. The monoisotopic (exact) mass is 477 g/mol. The minimum absolute atomic E-state index is 0.147. The molecule has 0 saturated heterocycles. The van der Waals surface area contributed by atoms with Crippen LogP contribution in [0.4, 0.5) is 13.2 Å². The maximum absolute atomic E-state index is 14.2. The number of halogens is 3. The molecule has 4 rings (SSSR count). The van der Waals surface area contributed by atoms with E-state index in [1.807, 2.05) is 0 Å². The molecule has 0 fully saturated rings. The lowest BCUT2D eigenvalue weighted by Gasteiger charge is -2.10. The molecule has 0 atom stereocenters. The molecule has 2 heterocycles. The van der Waals surface area contributed by atoms with E-state index in [1.165, 1.54) is 6.07 Å². The number of alkyl halides is 2. The number of hydrogen-bond donors (Lipinski definition) is 2. The third-order valence-electron chi connectivity index (χ3n) is 4.74. The van der Waals surface area contributed by atoms with Gasteiger partial charge in [0.25, 0.3) is 17.9 Å². The van der Waals surface area contributed by atoms with E-state index in [1.54, 1.807) is 30.5 Å². The lowest BCUT2D eigenvalue weighted by molar-refractivity contribution is -0.120. The molecule has 2 aromatic carbocycles. The Hall–Kier alpha value is -3.54. The molecule has 0 bridgehead atoms. The Morgan fingerprint density at radius 3 is 2.76 bits per heavy atom. The zero-order valence-corrected chi connectivity index (χ0v) is 18.1. The van der Waals surface area contributed by atoms with Gasteiger partial charge in [0.15, 0.2) is 11.6 Å². The van der Waals surface area contributed by atoms with Crippen LogP contribution in [0, 0.1) is 5.82 Å². The third-order valence-corrected chi connectivity index (χ3v) is 5.17. The number of carbonyl (C=O) groups is 1. The highest BCUT2D eigenvalue weighted by Gasteiger charge is 2.16. The van der Waals surface area contributed by atoms with Crippen molar-refractivity contribution >= 4 is 39.7 Å². The van der Waals surface area contributed by atoms with Crippen molar-refractivity contribution in [2.75, 3.05) is 12.9 Å². The Kier molecular flexibility index (Phi) is 6.54. The summed E-state index contributed by atoms with van der Waals surface area (Å²) < 4.78 is 47.4. The van der Waals surface area contributed by atoms with Gasteiger partial charge in [-0.2, -0.15) is 5.10 Å². The average Bonchev–Trinajstić information content (AvgIpc) is 3.16. The first-order chi connectivity index (χ1) is 15.9. The number of H-pyrrole nitrogens is 1. The van der Waals surface area contributed by atoms with E-state index in [0.717, 1.165) is 22.7 Å². The molecule has 0 saturated carbocycles. The average molecular weight is 477 g/mol. The van der Waals surface area contributed by atoms with Crippen molar-refractivity contribution < 1.29 is 22.7 Å². The minimum Gasteiger partial charge on any atom is -0.484 e. The Labute approximate surface area is 189 Å². The Bertz CT molecular complexity index is 1390. The maximum Gasteiger partial charge on any atom is 0.275 e. The van der Waals surface area contributed by atoms with E-state index in [4.69, 9.17) is 4.74 Å². The summed E-state index contributed by atoms with van der Waals surface area (Å²) in [6, 6.07) is 9.22. The van der Waals surface area contributed by atoms with E-state index in [9.17, 15) is 22.8 Å². The van der Waals surface area contributed by atoms with Gasteiger partial charge in [0.1, 0.15) is 19.0 Å². The van der Waals surface area contributed by atoms with Gasteiger partial charge in [-0.25, -0.2) is 22.8 Å². The quantitative estimate of drug-likeness (QED) is 0.379. The van der Waals surface area contributed by atoms with Crippen molar-refractivity contribution in [3.63, 3.8) is 0 Å². The Morgan fingerprint density at radius 2 is 2.03 bits per heavy atom. The number of hydrogen-bond acceptors (Lipinski definition) is 6. The zero-order valence-electron chi connectivity index (χ0n) is 17.3. The molecule has 2 aromatic heterocycles. The first-order valence-corrected chi connectivity index (χ1v) is 11.0. The van der Waals surface area contributed by atoms with Crippen LogP contribution in [0.25, 0.3) is 21.8 Å². The normalized spacial score (nSPS) is 11.4. The van der Waals surface area contributed by atoms with Crippen LogP contribution in [0.1, 0.15) is 11.5 Å². The number of carbonyl (C=O) groups excluding carboxylic acids is 1. The van der Waals surface area contributed by atoms with Crippen LogP contribution in [0.5, 0.6) is 5.75 Å². The fraction of sp³-hybridized carbons (Fsp3) is 0.238. The molecule has 8 nitrogen and oxygen atoms in total. The van der Waals surface area contributed by atoms with Gasteiger partial charge in [-0.15, -0.1) is 0 Å². The summed E-state index contributed by atoms with van der Waals surface area (Å²) in [5.41, 5.74) is 0.755. The number of ether oxygens (including phenoxy) is 1. The molecule has 172 valence electrons. The van der Waals surface area contributed by atoms with Crippen LogP contribution in [-0.4, -0.2) is 44.9 Å². The predicted molar refractivity (Wildman–Crippen MR) is 118 cm³/mol. The molecule has 2 N–H and O–H groups in total. The summed E-state index contributed by atoms with van der Waals surface area (Å²) in [5, 5.41) is 5.35. The zero-order chi connectivity index (χ0) is 23.5. The predicted octanol–water partition coefficient (Wildman–Crippen LogP) is 3.04. The Morgan fingerprint density at radius 1 is 1.27 bits per heavy atom. The molecule has 0 aliphatic heterocycles. The second-order valence-electron chi connectivity index (χ2n) is 7.05. The lowest BCUT2D eigenvalue weighted by Crippen LogP contribution is -2.32. The van der Waals surface area contributed by atoms with Gasteiger partial charge >= 0.3 is 0 Å². The SMILES string of the molecule is CSNC(=O)Cn1nc(Cc2nc3cc(OCC(F)F)c(F)cc3[nH]2)c2ccccc2c1=O. The molecule has 0 aliphatic rings. The van der Waals surface area contributed by atoms with Crippen LogP contribution in [0.2, 0.25) is 0 Å². The van der Waals surface area contributed by atoms with Gasteiger partial charge in [-0.3, -0.25) is 14.3 Å². The largest absolute Gasteiger partial charge is 0.484 e. The van der Waals surface area contributed by atoms with Crippen molar-refractivity contribution in [2.24, 2.45) is 0 Å². The topological polar surface area (TPSA) is 102 Å². The summed E-state index contributed by atoms with van der Waals surface area (Å²) in [5.74, 6) is -1.09. The number of rotatable bonds is 8. The van der Waals surface area contributed by atoms with Crippen molar-refractivity contribution in [3.8, 4) is 5.75 Å². The van der Waals surface area contributed by atoms with Crippen LogP contribution in [-0.2, 0) is 17.8 Å². The molecule has 1 amide bonds. The summed E-state index contributed by atoms with van der Waals surface area (Å²) in [4.78, 5) is 32.1. The van der Waals surface area contributed by atoms with Crippen LogP contribution in [0.15, 0.2) is 41.2 Å². The standard InChI is InChI=1S/C21H18F3N5O3S/c1-33-28-20(30)9-29-21(31)12-5-3-2-4-11(12)14(27-29)8-19-25-15-6-13(22)17(7-16(15)26-19)32-10-18(23)24/h2-7,18H,8-10H2,1H3,(H,25,26)(H,28,30). The van der Waals surface area contributed by atoms with Crippen molar-refractivity contribution in [1.82, 2.24) is 24.5 Å². The molecule has 0 unspecified atom stereocenters. The van der Waals surface area contributed by atoms with Gasteiger partial charge in [0, 0.05) is 23.8 Å². The number of benzene rings is 2. The van der Waals surface area contributed by atoms with E-state index in [0.29, 0.717) is 33.3 Å². The molecule has 33 heavy (non-hydrogen) atoms. The second-order valence-corrected chi connectivity index (χ2v) is 7.66. The van der Waals surface area contributed by atoms with E-state index < -0.39 is 24.4 Å². The van der Waals surface area contributed by atoms with Gasteiger partial charge in [-0.1, -0.05) is 30.1 Å². The second kappa shape index (κ2) is 9.53. The minimum atomic E-state index is -2.73.